The Balaban J connectivity index is 1.54. The third-order valence-electron chi connectivity index (χ3n) is 5.00. The van der Waals surface area contributed by atoms with Crippen molar-refractivity contribution in [2.24, 2.45) is 4.99 Å². The Hall–Kier alpha value is -1.95. The molecule has 0 saturated carbocycles. The number of pyridine rings is 1. The second-order valence-corrected chi connectivity index (χ2v) is 9.21. The van der Waals surface area contributed by atoms with E-state index in [4.69, 9.17) is 32.6 Å². The van der Waals surface area contributed by atoms with Gasteiger partial charge in [-0.05, 0) is 42.5 Å². The molecule has 142 valence electrons. The number of aliphatic imine (C=N–C) groups is 1. The molecular formula is C21H17Cl2N3OS. The summed E-state index contributed by atoms with van der Waals surface area (Å²) in [7, 11) is 0. The Labute approximate surface area is 177 Å². The fourth-order valence-electron chi connectivity index (χ4n) is 3.77. The maximum absolute atomic E-state index is 6.37. The fraction of sp³-hybridized carbons (Fsp3) is 0.238. The van der Waals surface area contributed by atoms with Crippen molar-refractivity contribution in [2.45, 2.75) is 24.3 Å². The van der Waals surface area contributed by atoms with E-state index in [-0.39, 0.29) is 12.1 Å². The predicted octanol–water partition coefficient (Wildman–Crippen LogP) is 6.24. The Morgan fingerprint density at radius 2 is 2.04 bits per heavy atom. The van der Waals surface area contributed by atoms with Crippen molar-refractivity contribution in [3.05, 3.63) is 76.2 Å². The number of rotatable bonds is 3. The van der Waals surface area contributed by atoms with Crippen LogP contribution in [-0.4, -0.2) is 26.8 Å². The number of fused-ring (bicyclic) bond motifs is 1. The number of amidine groups is 1. The molecule has 0 spiro atoms. The number of thioether (sulfide) groups is 1. The summed E-state index contributed by atoms with van der Waals surface area (Å²) in [6, 6.07) is 15.3. The molecule has 0 N–H and O–H groups in total. The Morgan fingerprint density at radius 3 is 2.82 bits per heavy atom. The number of hydrogen-bond acceptors (Lipinski definition) is 5. The van der Waals surface area contributed by atoms with Gasteiger partial charge in [-0.1, -0.05) is 48.0 Å². The van der Waals surface area contributed by atoms with Crippen molar-refractivity contribution in [3.63, 3.8) is 0 Å². The second-order valence-electron chi connectivity index (χ2n) is 6.96. The lowest BCUT2D eigenvalue weighted by molar-refractivity contribution is 0.277. The van der Waals surface area contributed by atoms with Crippen LogP contribution in [-0.2, 0) is 0 Å². The van der Waals surface area contributed by atoms with Crippen LogP contribution < -0.4 is 0 Å². The molecule has 7 heteroatoms. The van der Waals surface area contributed by atoms with Crippen molar-refractivity contribution in [2.75, 3.05) is 6.54 Å². The van der Waals surface area contributed by atoms with Gasteiger partial charge < -0.3 is 9.32 Å². The van der Waals surface area contributed by atoms with Crippen LogP contribution >= 0.6 is 35.0 Å². The van der Waals surface area contributed by atoms with Gasteiger partial charge in [-0.3, -0.25) is 4.98 Å². The highest BCUT2D eigenvalue weighted by Crippen LogP contribution is 2.48. The first-order chi connectivity index (χ1) is 13.6. The molecule has 4 heterocycles. The van der Waals surface area contributed by atoms with E-state index in [9.17, 15) is 0 Å². The predicted molar refractivity (Wildman–Crippen MR) is 115 cm³/mol. The summed E-state index contributed by atoms with van der Waals surface area (Å²) >= 11 is 14.2. The largest absolute Gasteiger partial charge is 0.459 e. The molecule has 2 aliphatic heterocycles. The SMILES string of the molecule is C[C@@H]1CN2C(=N[C@H](c3ccccn3)[C@H]2c2ccc(-c3ccc(Cl)cc3Cl)o2)S1. The summed E-state index contributed by atoms with van der Waals surface area (Å²) in [5.74, 6) is 1.59. The molecule has 1 aromatic carbocycles. The average molecular weight is 430 g/mol. The Bertz CT molecular complexity index is 1050. The molecule has 5 rings (SSSR count). The number of furan rings is 1. The van der Waals surface area contributed by atoms with E-state index in [1.807, 2.05) is 60.4 Å². The number of halogens is 2. The van der Waals surface area contributed by atoms with E-state index in [2.05, 4.69) is 16.8 Å². The van der Waals surface area contributed by atoms with Gasteiger partial charge in [0.05, 0.1) is 10.7 Å². The molecule has 0 radical (unpaired) electrons. The number of nitrogens with zero attached hydrogens (tertiary/aromatic N) is 3. The van der Waals surface area contributed by atoms with Gasteiger partial charge in [-0.15, -0.1) is 0 Å². The molecular weight excluding hydrogens is 413 g/mol. The third-order valence-corrected chi connectivity index (χ3v) is 6.65. The molecule has 28 heavy (non-hydrogen) atoms. The molecule has 2 aromatic heterocycles. The lowest BCUT2D eigenvalue weighted by Crippen LogP contribution is -2.28. The van der Waals surface area contributed by atoms with Crippen LogP contribution in [0.5, 0.6) is 0 Å². The smallest absolute Gasteiger partial charge is 0.161 e. The fourth-order valence-corrected chi connectivity index (χ4v) is 5.37. The van der Waals surface area contributed by atoms with Crippen molar-refractivity contribution in [1.29, 1.82) is 0 Å². The summed E-state index contributed by atoms with van der Waals surface area (Å²) in [6.45, 7) is 3.16. The highest BCUT2D eigenvalue weighted by Gasteiger charge is 2.45. The average Bonchev–Trinajstić information content (AvgIpc) is 3.36. The first kappa shape index (κ1) is 18.1. The van der Waals surface area contributed by atoms with Gasteiger partial charge in [0.2, 0.25) is 0 Å². The molecule has 2 aliphatic rings. The maximum atomic E-state index is 6.37. The van der Waals surface area contributed by atoms with Gasteiger partial charge in [0, 0.05) is 28.6 Å². The van der Waals surface area contributed by atoms with E-state index >= 15 is 0 Å². The van der Waals surface area contributed by atoms with Crippen LogP contribution in [0.25, 0.3) is 11.3 Å². The van der Waals surface area contributed by atoms with Crippen LogP contribution in [0.4, 0.5) is 0 Å². The normalized spacial score (nSPS) is 23.8. The second kappa shape index (κ2) is 7.14. The maximum Gasteiger partial charge on any atom is 0.161 e. The zero-order chi connectivity index (χ0) is 19.3. The lowest BCUT2D eigenvalue weighted by atomic mass is 10.0. The highest BCUT2D eigenvalue weighted by molar-refractivity contribution is 8.14. The molecule has 0 amide bonds. The van der Waals surface area contributed by atoms with Crippen LogP contribution in [0.1, 0.15) is 30.5 Å². The first-order valence-corrected chi connectivity index (χ1v) is 10.7. The summed E-state index contributed by atoms with van der Waals surface area (Å²) in [5.41, 5.74) is 1.78. The monoisotopic (exact) mass is 429 g/mol. The third kappa shape index (κ3) is 3.11. The minimum absolute atomic E-state index is 0.0119. The van der Waals surface area contributed by atoms with Crippen molar-refractivity contribution in [3.8, 4) is 11.3 Å². The van der Waals surface area contributed by atoms with Crippen molar-refractivity contribution < 1.29 is 4.42 Å². The van der Waals surface area contributed by atoms with Crippen LogP contribution in [0.15, 0.2) is 64.1 Å². The summed E-state index contributed by atoms with van der Waals surface area (Å²) < 4.78 is 6.29. The number of hydrogen-bond donors (Lipinski definition) is 0. The zero-order valence-corrected chi connectivity index (χ0v) is 17.4. The molecule has 0 bridgehead atoms. The molecule has 1 saturated heterocycles. The number of benzene rings is 1. The van der Waals surface area contributed by atoms with Crippen LogP contribution in [0.3, 0.4) is 0 Å². The Kier molecular flexibility index (Phi) is 4.62. The summed E-state index contributed by atoms with van der Waals surface area (Å²) in [5, 5.41) is 2.75. The topological polar surface area (TPSA) is 41.6 Å². The first-order valence-electron chi connectivity index (χ1n) is 9.07. The van der Waals surface area contributed by atoms with E-state index in [0.717, 1.165) is 34.5 Å². The molecule has 3 atom stereocenters. The molecule has 0 aliphatic carbocycles. The van der Waals surface area contributed by atoms with Gasteiger partial charge in [0.1, 0.15) is 23.6 Å². The van der Waals surface area contributed by atoms with E-state index < -0.39 is 0 Å². The Morgan fingerprint density at radius 1 is 1.14 bits per heavy atom. The van der Waals surface area contributed by atoms with Crippen molar-refractivity contribution in [1.82, 2.24) is 9.88 Å². The molecule has 0 unspecified atom stereocenters. The van der Waals surface area contributed by atoms with E-state index in [0.29, 0.717) is 15.3 Å². The molecule has 3 aromatic rings. The van der Waals surface area contributed by atoms with E-state index in [1.54, 1.807) is 6.07 Å². The summed E-state index contributed by atoms with van der Waals surface area (Å²) in [4.78, 5) is 11.9. The van der Waals surface area contributed by atoms with Crippen LogP contribution in [0.2, 0.25) is 10.0 Å². The number of aromatic nitrogens is 1. The van der Waals surface area contributed by atoms with Gasteiger partial charge in [0.15, 0.2) is 5.17 Å². The van der Waals surface area contributed by atoms with E-state index in [1.165, 1.54) is 0 Å². The van der Waals surface area contributed by atoms with Crippen molar-refractivity contribution >= 4 is 40.1 Å². The van der Waals surface area contributed by atoms with Gasteiger partial charge >= 0.3 is 0 Å². The standard InChI is InChI=1S/C21H17Cl2N3OS/c1-12-11-26-20(19(25-21(26)28-12)16-4-2-3-9-24-16)18-8-7-17(27-18)14-6-5-13(22)10-15(14)23/h2-10,12,19-20H,11H2,1H3/t12-,19-,20-/m1/s1. The molecule has 1 fully saturated rings. The summed E-state index contributed by atoms with van der Waals surface area (Å²) in [6.07, 6.45) is 1.81. The lowest BCUT2D eigenvalue weighted by Gasteiger charge is -2.25. The quantitative estimate of drug-likeness (QED) is 0.494. The highest BCUT2D eigenvalue weighted by atomic mass is 35.5. The minimum atomic E-state index is -0.0871. The minimum Gasteiger partial charge on any atom is -0.459 e. The van der Waals surface area contributed by atoms with Crippen LogP contribution in [0, 0.1) is 0 Å². The zero-order valence-electron chi connectivity index (χ0n) is 15.0. The van der Waals surface area contributed by atoms with Gasteiger partial charge in [-0.2, -0.15) is 0 Å². The van der Waals surface area contributed by atoms with Gasteiger partial charge in [-0.25, -0.2) is 4.99 Å². The molecule has 4 nitrogen and oxygen atoms in total. The van der Waals surface area contributed by atoms with Gasteiger partial charge in [0.25, 0.3) is 0 Å².